The molecule has 0 aliphatic carbocycles. The molecule has 1 aromatic carbocycles. The highest BCUT2D eigenvalue weighted by atomic mass is 16.5. The Bertz CT molecular complexity index is 420. The quantitative estimate of drug-likeness (QED) is 0.753. The Morgan fingerprint density at radius 3 is 2.80 bits per heavy atom. The molecule has 1 aliphatic rings. The third-order valence-electron chi connectivity index (χ3n) is 3.45. The maximum Gasteiger partial charge on any atom is 0.221 e. The number of nitrogens with one attached hydrogen (secondary N) is 1. The van der Waals surface area contributed by atoms with Gasteiger partial charge in [-0.15, -0.1) is 0 Å². The Morgan fingerprint density at radius 2 is 2.05 bits per heavy atom. The van der Waals surface area contributed by atoms with Gasteiger partial charge in [-0.05, 0) is 24.1 Å². The number of amides is 1. The molecule has 1 fully saturated rings. The summed E-state index contributed by atoms with van der Waals surface area (Å²) in [7, 11) is 0. The smallest absolute Gasteiger partial charge is 0.221 e. The van der Waals surface area contributed by atoms with E-state index in [-0.39, 0.29) is 5.91 Å². The number of benzene rings is 1. The fourth-order valence-electron chi connectivity index (χ4n) is 2.24. The summed E-state index contributed by atoms with van der Waals surface area (Å²) in [6.45, 7) is 4.74. The molecule has 1 aromatic rings. The van der Waals surface area contributed by atoms with Gasteiger partial charge in [0.2, 0.25) is 5.91 Å². The number of carbonyl (C=O) groups is 1. The summed E-state index contributed by atoms with van der Waals surface area (Å²) in [6, 6.07) is 7.89. The van der Waals surface area contributed by atoms with Gasteiger partial charge in [-0.2, -0.15) is 0 Å². The first-order valence-corrected chi connectivity index (χ1v) is 7.19. The number of rotatable bonds is 6. The van der Waals surface area contributed by atoms with Gasteiger partial charge < -0.3 is 20.7 Å². The van der Waals surface area contributed by atoms with Crippen LogP contribution in [-0.4, -0.2) is 43.6 Å². The average Bonchev–Trinajstić information content (AvgIpc) is 2.69. The van der Waals surface area contributed by atoms with Crippen LogP contribution < -0.4 is 15.8 Å². The van der Waals surface area contributed by atoms with Crippen LogP contribution in [0.4, 0.5) is 0 Å². The van der Waals surface area contributed by atoms with Crippen molar-refractivity contribution >= 4 is 5.91 Å². The summed E-state index contributed by atoms with van der Waals surface area (Å²) in [5.41, 5.74) is 6.66. The standard InChI is InChI=1S/C15H23N3O2/c16-12-13-2-4-14(5-3-13)20-11-1-8-18-9-6-15(19)17-7-10-18/h2-5H,1,6-12,16H2,(H,17,19). The van der Waals surface area contributed by atoms with E-state index in [4.69, 9.17) is 10.5 Å². The van der Waals surface area contributed by atoms with Crippen molar-refractivity contribution in [2.45, 2.75) is 19.4 Å². The molecule has 0 bridgehead atoms. The first-order chi connectivity index (χ1) is 9.78. The minimum Gasteiger partial charge on any atom is -0.494 e. The highest BCUT2D eigenvalue weighted by Crippen LogP contribution is 2.12. The van der Waals surface area contributed by atoms with E-state index in [1.807, 2.05) is 24.3 Å². The highest BCUT2D eigenvalue weighted by molar-refractivity contribution is 5.76. The van der Waals surface area contributed by atoms with Crippen LogP contribution in [0.1, 0.15) is 18.4 Å². The third-order valence-corrected chi connectivity index (χ3v) is 3.45. The van der Waals surface area contributed by atoms with Crippen molar-refractivity contribution in [1.29, 1.82) is 0 Å². The SMILES string of the molecule is NCc1ccc(OCCCN2CCNC(=O)CC2)cc1. The van der Waals surface area contributed by atoms with Gasteiger partial charge in [0.1, 0.15) is 5.75 Å². The monoisotopic (exact) mass is 277 g/mol. The normalized spacial score (nSPS) is 16.6. The lowest BCUT2D eigenvalue weighted by Crippen LogP contribution is -2.30. The molecule has 20 heavy (non-hydrogen) atoms. The zero-order valence-electron chi connectivity index (χ0n) is 11.8. The maximum atomic E-state index is 11.2. The van der Waals surface area contributed by atoms with Crippen LogP contribution in [0, 0.1) is 0 Å². The summed E-state index contributed by atoms with van der Waals surface area (Å²) in [5.74, 6) is 1.04. The second-order valence-electron chi connectivity index (χ2n) is 4.99. The predicted molar refractivity (Wildman–Crippen MR) is 78.5 cm³/mol. The van der Waals surface area contributed by atoms with E-state index in [2.05, 4.69) is 10.2 Å². The van der Waals surface area contributed by atoms with Crippen LogP contribution in [0.15, 0.2) is 24.3 Å². The molecule has 1 amide bonds. The number of ether oxygens (including phenoxy) is 1. The number of hydrogen-bond donors (Lipinski definition) is 2. The number of nitrogens with zero attached hydrogens (tertiary/aromatic N) is 1. The zero-order chi connectivity index (χ0) is 14.2. The topological polar surface area (TPSA) is 67.6 Å². The second kappa shape index (κ2) is 7.87. The predicted octanol–water partition coefficient (Wildman–Crippen LogP) is 0.736. The fraction of sp³-hybridized carbons (Fsp3) is 0.533. The minimum atomic E-state index is 0.156. The van der Waals surface area contributed by atoms with E-state index in [9.17, 15) is 4.79 Å². The van der Waals surface area contributed by atoms with Crippen molar-refractivity contribution in [2.75, 3.05) is 32.8 Å². The van der Waals surface area contributed by atoms with E-state index >= 15 is 0 Å². The van der Waals surface area contributed by atoms with Crippen LogP contribution in [0.2, 0.25) is 0 Å². The molecule has 3 N–H and O–H groups in total. The molecule has 0 unspecified atom stereocenters. The van der Waals surface area contributed by atoms with Crippen molar-refractivity contribution in [2.24, 2.45) is 5.73 Å². The Hall–Kier alpha value is -1.59. The molecule has 0 saturated carbocycles. The van der Waals surface area contributed by atoms with E-state index in [0.717, 1.165) is 43.9 Å². The molecule has 0 atom stereocenters. The lowest BCUT2D eigenvalue weighted by molar-refractivity contribution is -0.120. The molecule has 0 spiro atoms. The minimum absolute atomic E-state index is 0.156. The van der Waals surface area contributed by atoms with Gasteiger partial charge in [0.25, 0.3) is 0 Å². The van der Waals surface area contributed by atoms with E-state index in [1.54, 1.807) is 0 Å². The number of hydrogen-bond acceptors (Lipinski definition) is 4. The van der Waals surface area contributed by atoms with Gasteiger partial charge >= 0.3 is 0 Å². The summed E-state index contributed by atoms with van der Waals surface area (Å²) in [6.07, 6.45) is 1.56. The van der Waals surface area contributed by atoms with Gasteiger partial charge in [-0.25, -0.2) is 0 Å². The average molecular weight is 277 g/mol. The fourth-order valence-corrected chi connectivity index (χ4v) is 2.24. The van der Waals surface area contributed by atoms with Crippen LogP contribution in [-0.2, 0) is 11.3 Å². The van der Waals surface area contributed by atoms with E-state index in [0.29, 0.717) is 19.6 Å². The first-order valence-electron chi connectivity index (χ1n) is 7.19. The Labute approximate surface area is 120 Å². The molecular weight excluding hydrogens is 254 g/mol. The molecule has 1 aliphatic heterocycles. The molecule has 5 heteroatoms. The van der Waals surface area contributed by atoms with Crippen LogP contribution in [0.5, 0.6) is 5.75 Å². The van der Waals surface area contributed by atoms with Crippen molar-refractivity contribution in [3.05, 3.63) is 29.8 Å². The first kappa shape index (κ1) is 14.8. The summed E-state index contributed by atoms with van der Waals surface area (Å²) < 4.78 is 5.70. The highest BCUT2D eigenvalue weighted by Gasteiger charge is 2.12. The molecule has 1 saturated heterocycles. The van der Waals surface area contributed by atoms with Gasteiger partial charge in [0.05, 0.1) is 6.61 Å². The van der Waals surface area contributed by atoms with Gasteiger partial charge in [0, 0.05) is 39.1 Å². The van der Waals surface area contributed by atoms with E-state index in [1.165, 1.54) is 0 Å². The van der Waals surface area contributed by atoms with Crippen LogP contribution >= 0.6 is 0 Å². The summed E-state index contributed by atoms with van der Waals surface area (Å²) in [4.78, 5) is 13.5. The Morgan fingerprint density at radius 1 is 1.25 bits per heavy atom. The largest absolute Gasteiger partial charge is 0.494 e. The van der Waals surface area contributed by atoms with Crippen molar-refractivity contribution < 1.29 is 9.53 Å². The molecule has 5 nitrogen and oxygen atoms in total. The molecule has 0 aromatic heterocycles. The third kappa shape index (κ3) is 4.83. The van der Waals surface area contributed by atoms with Crippen molar-refractivity contribution in [1.82, 2.24) is 10.2 Å². The summed E-state index contributed by atoms with van der Waals surface area (Å²) in [5, 5.41) is 2.88. The Kier molecular flexibility index (Phi) is 5.83. The second-order valence-corrected chi connectivity index (χ2v) is 4.99. The van der Waals surface area contributed by atoms with Crippen LogP contribution in [0.3, 0.4) is 0 Å². The molecule has 0 radical (unpaired) electrons. The summed E-state index contributed by atoms with van der Waals surface area (Å²) >= 11 is 0. The van der Waals surface area contributed by atoms with Crippen molar-refractivity contribution in [3.8, 4) is 5.75 Å². The number of nitrogens with two attached hydrogens (primary N) is 1. The van der Waals surface area contributed by atoms with Crippen LogP contribution in [0.25, 0.3) is 0 Å². The lowest BCUT2D eigenvalue weighted by Gasteiger charge is -2.18. The van der Waals surface area contributed by atoms with E-state index < -0.39 is 0 Å². The molecule has 110 valence electrons. The van der Waals surface area contributed by atoms with Gasteiger partial charge in [-0.3, -0.25) is 4.79 Å². The van der Waals surface area contributed by atoms with Crippen molar-refractivity contribution in [3.63, 3.8) is 0 Å². The molecule has 1 heterocycles. The van der Waals surface area contributed by atoms with Gasteiger partial charge in [0.15, 0.2) is 0 Å². The van der Waals surface area contributed by atoms with Gasteiger partial charge in [-0.1, -0.05) is 12.1 Å². The molecule has 2 rings (SSSR count). The zero-order valence-corrected chi connectivity index (χ0v) is 11.8. The number of carbonyl (C=O) groups excluding carboxylic acids is 1. The Balaban J connectivity index is 1.64. The lowest BCUT2D eigenvalue weighted by atomic mass is 10.2. The molecular formula is C15H23N3O2. The maximum absolute atomic E-state index is 11.2.